The van der Waals surface area contributed by atoms with E-state index in [2.05, 4.69) is 127 Å². The van der Waals surface area contributed by atoms with Gasteiger partial charge in [-0.15, -0.1) is 11.3 Å². The Morgan fingerprint density at radius 1 is 0.438 bits per heavy atom. The van der Waals surface area contributed by atoms with Crippen LogP contribution >= 0.6 is 11.3 Å². The Morgan fingerprint density at radius 3 is 1.81 bits per heavy atom. The molecule has 0 aliphatic rings. The molecule has 2 heteroatoms. The molecular weight excluding hydrogens is 406 g/mol. The molecule has 0 aliphatic heterocycles. The Kier molecular flexibility index (Phi) is 4.71. The number of rotatable bonds is 4. The van der Waals surface area contributed by atoms with Crippen molar-refractivity contribution in [3.8, 4) is 22.3 Å². The van der Waals surface area contributed by atoms with Gasteiger partial charge in [0, 0.05) is 42.7 Å². The molecule has 5 aromatic carbocycles. The lowest BCUT2D eigenvalue weighted by Gasteiger charge is -2.16. The molecule has 6 rings (SSSR count). The molecule has 0 atom stereocenters. The van der Waals surface area contributed by atoms with Crippen molar-refractivity contribution in [2.45, 2.75) is 0 Å². The van der Waals surface area contributed by atoms with Crippen LogP contribution in [0.4, 0.5) is 11.4 Å². The van der Waals surface area contributed by atoms with E-state index >= 15 is 0 Å². The van der Waals surface area contributed by atoms with Crippen molar-refractivity contribution >= 4 is 42.9 Å². The maximum absolute atomic E-state index is 3.72. The number of benzene rings is 5. The predicted molar refractivity (Wildman–Crippen MR) is 140 cm³/mol. The van der Waals surface area contributed by atoms with E-state index in [1.165, 1.54) is 42.4 Å². The first kappa shape index (κ1) is 18.9. The number of fused-ring (bicyclic) bond motifs is 3. The molecule has 0 amide bonds. The Labute approximate surface area is 191 Å². The van der Waals surface area contributed by atoms with Gasteiger partial charge in [0.2, 0.25) is 0 Å². The third-order valence-electron chi connectivity index (χ3n) is 5.90. The summed E-state index contributed by atoms with van der Waals surface area (Å²) in [6, 6.07) is 43.1. The van der Waals surface area contributed by atoms with Crippen LogP contribution in [0.1, 0.15) is 0 Å². The fourth-order valence-corrected chi connectivity index (χ4v) is 5.43. The molecule has 1 nitrogen and oxygen atoms in total. The van der Waals surface area contributed by atoms with Crippen molar-refractivity contribution in [3.63, 3.8) is 0 Å². The number of para-hydroxylation sites is 2. The van der Waals surface area contributed by atoms with Gasteiger partial charge in [0.15, 0.2) is 0 Å². The molecule has 1 N–H and O–H groups in total. The van der Waals surface area contributed by atoms with Crippen LogP contribution in [0.2, 0.25) is 0 Å². The minimum atomic E-state index is 1.10. The average Bonchev–Trinajstić information content (AvgIpc) is 3.23. The fourth-order valence-electron chi connectivity index (χ4n) is 4.34. The number of thiophene rings is 1. The summed E-state index contributed by atoms with van der Waals surface area (Å²) in [4.78, 5) is 0. The van der Waals surface area contributed by atoms with E-state index in [1.54, 1.807) is 0 Å². The molecule has 0 saturated carbocycles. The van der Waals surface area contributed by atoms with E-state index in [0.29, 0.717) is 0 Å². The first-order chi connectivity index (χ1) is 15.9. The quantitative estimate of drug-likeness (QED) is 0.296. The van der Waals surface area contributed by atoms with Gasteiger partial charge in [0.25, 0.3) is 0 Å². The zero-order valence-corrected chi connectivity index (χ0v) is 18.3. The van der Waals surface area contributed by atoms with Gasteiger partial charge in [-0.3, -0.25) is 0 Å². The van der Waals surface area contributed by atoms with E-state index in [1.807, 2.05) is 11.3 Å². The predicted octanol–water partition coefficient (Wildman–Crippen LogP) is 9.13. The largest absolute Gasteiger partial charge is 0.355 e. The smallest absolute Gasteiger partial charge is 0.0464 e. The summed E-state index contributed by atoms with van der Waals surface area (Å²) in [5.74, 6) is 0. The number of hydrogen-bond donors (Lipinski definition) is 1. The van der Waals surface area contributed by atoms with Crippen molar-refractivity contribution < 1.29 is 0 Å². The first-order valence-electron chi connectivity index (χ1n) is 10.8. The highest BCUT2D eigenvalue weighted by molar-refractivity contribution is 7.25. The lowest BCUT2D eigenvalue weighted by molar-refractivity contribution is 1.52. The van der Waals surface area contributed by atoms with Gasteiger partial charge in [0.05, 0.1) is 0 Å². The molecule has 0 fully saturated rings. The second-order valence-corrected chi connectivity index (χ2v) is 8.98. The minimum Gasteiger partial charge on any atom is -0.355 e. The molecule has 152 valence electrons. The van der Waals surface area contributed by atoms with Crippen molar-refractivity contribution in [2.24, 2.45) is 0 Å². The van der Waals surface area contributed by atoms with Gasteiger partial charge in [-0.05, 0) is 41.5 Å². The highest BCUT2D eigenvalue weighted by atomic mass is 32.1. The first-order valence-corrected chi connectivity index (χ1v) is 11.6. The van der Waals surface area contributed by atoms with E-state index in [-0.39, 0.29) is 0 Å². The summed E-state index contributed by atoms with van der Waals surface area (Å²) in [5, 5.41) is 6.37. The normalized spacial score (nSPS) is 11.1. The third kappa shape index (κ3) is 3.35. The Morgan fingerprint density at radius 2 is 1.03 bits per heavy atom. The molecule has 0 radical (unpaired) electrons. The lowest BCUT2D eigenvalue weighted by atomic mass is 10.00. The monoisotopic (exact) mass is 427 g/mol. The SMILES string of the molecule is c1ccc(-c2ccccc2Nc2ccccc2-c2ccc3sc4ccccc4c3c2)cc1. The van der Waals surface area contributed by atoms with Crippen LogP contribution < -0.4 is 5.32 Å². The standard InChI is InChI=1S/C30H21NS/c1-2-10-21(11-3-1)23-12-4-7-15-27(23)31-28-16-8-5-13-24(28)22-18-19-30-26(20-22)25-14-6-9-17-29(25)32-30/h1-20,31H. The Bertz CT molecular complexity index is 1550. The summed E-state index contributed by atoms with van der Waals surface area (Å²) < 4.78 is 2.66. The van der Waals surface area contributed by atoms with Crippen LogP contribution in [0.15, 0.2) is 121 Å². The van der Waals surface area contributed by atoms with Crippen LogP contribution in [0.3, 0.4) is 0 Å². The third-order valence-corrected chi connectivity index (χ3v) is 7.05. The van der Waals surface area contributed by atoms with E-state index in [0.717, 1.165) is 11.4 Å². The molecule has 6 aromatic rings. The van der Waals surface area contributed by atoms with Gasteiger partial charge >= 0.3 is 0 Å². The number of nitrogens with one attached hydrogen (secondary N) is 1. The van der Waals surface area contributed by atoms with Crippen molar-refractivity contribution in [2.75, 3.05) is 5.32 Å². The van der Waals surface area contributed by atoms with Crippen LogP contribution in [-0.4, -0.2) is 0 Å². The van der Waals surface area contributed by atoms with Crippen molar-refractivity contribution in [1.29, 1.82) is 0 Å². The molecule has 0 bridgehead atoms. The van der Waals surface area contributed by atoms with E-state index in [4.69, 9.17) is 0 Å². The van der Waals surface area contributed by atoms with Crippen LogP contribution in [0, 0.1) is 0 Å². The van der Waals surface area contributed by atoms with E-state index in [9.17, 15) is 0 Å². The Hall–Kier alpha value is -3.88. The maximum atomic E-state index is 3.72. The van der Waals surface area contributed by atoms with Gasteiger partial charge in [0.1, 0.15) is 0 Å². The minimum absolute atomic E-state index is 1.10. The van der Waals surface area contributed by atoms with Crippen molar-refractivity contribution in [1.82, 2.24) is 0 Å². The molecule has 1 heterocycles. The van der Waals surface area contributed by atoms with Crippen LogP contribution in [0.5, 0.6) is 0 Å². The molecule has 0 spiro atoms. The molecule has 0 unspecified atom stereocenters. The highest BCUT2D eigenvalue weighted by Crippen LogP contribution is 2.39. The average molecular weight is 428 g/mol. The Balaban J connectivity index is 1.45. The summed E-state index contributed by atoms with van der Waals surface area (Å²) in [7, 11) is 0. The van der Waals surface area contributed by atoms with Gasteiger partial charge in [-0.2, -0.15) is 0 Å². The summed E-state index contributed by atoms with van der Waals surface area (Å²) in [5.41, 5.74) is 7.04. The maximum Gasteiger partial charge on any atom is 0.0464 e. The molecular formula is C30H21NS. The zero-order chi connectivity index (χ0) is 21.3. The van der Waals surface area contributed by atoms with Gasteiger partial charge < -0.3 is 5.32 Å². The lowest BCUT2D eigenvalue weighted by Crippen LogP contribution is -1.95. The summed E-state index contributed by atoms with van der Waals surface area (Å²) in [6.45, 7) is 0. The molecule has 1 aromatic heterocycles. The second-order valence-electron chi connectivity index (χ2n) is 7.89. The van der Waals surface area contributed by atoms with Gasteiger partial charge in [-0.25, -0.2) is 0 Å². The topological polar surface area (TPSA) is 12.0 Å². The number of hydrogen-bond acceptors (Lipinski definition) is 2. The van der Waals surface area contributed by atoms with Crippen LogP contribution in [0.25, 0.3) is 42.4 Å². The van der Waals surface area contributed by atoms with E-state index < -0.39 is 0 Å². The van der Waals surface area contributed by atoms with Crippen LogP contribution in [-0.2, 0) is 0 Å². The molecule has 0 saturated heterocycles. The van der Waals surface area contributed by atoms with Gasteiger partial charge in [-0.1, -0.05) is 91.0 Å². The molecule has 0 aliphatic carbocycles. The number of anilines is 2. The summed E-state index contributed by atoms with van der Waals surface area (Å²) >= 11 is 1.86. The summed E-state index contributed by atoms with van der Waals surface area (Å²) in [6.07, 6.45) is 0. The molecule has 32 heavy (non-hydrogen) atoms. The van der Waals surface area contributed by atoms with Crippen molar-refractivity contribution in [3.05, 3.63) is 121 Å². The highest BCUT2D eigenvalue weighted by Gasteiger charge is 2.11. The fraction of sp³-hybridized carbons (Fsp3) is 0. The zero-order valence-electron chi connectivity index (χ0n) is 17.5. The second kappa shape index (κ2) is 7.99.